The largest absolute Gasteiger partial charge is 0.487 e. The van der Waals surface area contributed by atoms with E-state index in [2.05, 4.69) is 71.4 Å². The van der Waals surface area contributed by atoms with Gasteiger partial charge in [-0.25, -0.2) is 0 Å². The maximum absolute atomic E-state index is 6.08. The van der Waals surface area contributed by atoms with E-state index in [1.165, 1.54) is 54.5 Å². The summed E-state index contributed by atoms with van der Waals surface area (Å²) in [6.07, 6.45) is 3.85. The van der Waals surface area contributed by atoms with Crippen molar-refractivity contribution in [2.75, 3.05) is 13.1 Å². The summed E-state index contributed by atoms with van der Waals surface area (Å²) in [6.45, 7) is 6.12. The molecule has 0 spiro atoms. The Morgan fingerprint density at radius 1 is 1.04 bits per heavy atom. The van der Waals surface area contributed by atoms with Crippen LogP contribution in [0.25, 0.3) is 10.9 Å². The Hall–Kier alpha value is -2.26. The van der Waals surface area contributed by atoms with Crippen LogP contribution in [0.5, 0.6) is 5.75 Å². The Morgan fingerprint density at radius 2 is 1.81 bits per heavy atom. The van der Waals surface area contributed by atoms with E-state index in [-0.39, 0.29) is 0 Å². The lowest BCUT2D eigenvalue weighted by Gasteiger charge is -2.23. The van der Waals surface area contributed by atoms with Gasteiger partial charge in [-0.15, -0.1) is 0 Å². The molecular weight excluding hydrogens is 320 g/mol. The first kappa shape index (κ1) is 17.2. The van der Waals surface area contributed by atoms with Crippen molar-refractivity contribution >= 4 is 10.9 Å². The molecule has 2 heterocycles. The number of piperidine rings is 1. The van der Waals surface area contributed by atoms with E-state index >= 15 is 0 Å². The third-order valence-corrected chi connectivity index (χ3v) is 5.52. The normalized spacial score (nSPS) is 15.4. The van der Waals surface area contributed by atoms with Crippen LogP contribution in [-0.4, -0.2) is 17.7 Å². The fourth-order valence-electron chi connectivity index (χ4n) is 3.92. The second kappa shape index (κ2) is 7.96. The first-order valence-corrected chi connectivity index (χ1v) is 9.77. The van der Waals surface area contributed by atoms with Gasteiger partial charge in [0.1, 0.15) is 12.4 Å². The van der Waals surface area contributed by atoms with Crippen molar-refractivity contribution in [2.45, 2.75) is 39.3 Å². The number of hydrogen-bond acceptors (Lipinski definition) is 2. The number of aryl methyl sites for hydroxylation is 2. The number of para-hydroxylation sites is 1. The molecule has 0 unspecified atom stereocenters. The van der Waals surface area contributed by atoms with Gasteiger partial charge >= 0.3 is 0 Å². The van der Waals surface area contributed by atoms with Crippen LogP contribution in [0.1, 0.15) is 30.5 Å². The van der Waals surface area contributed by atoms with Crippen molar-refractivity contribution in [3.05, 3.63) is 65.9 Å². The summed E-state index contributed by atoms with van der Waals surface area (Å²) in [6, 6.07) is 19.3. The number of rotatable bonds is 6. The van der Waals surface area contributed by atoms with Gasteiger partial charge in [0, 0.05) is 12.1 Å². The number of aromatic nitrogens is 1. The molecule has 3 aromatic rings. The molecule has 136 valence electrons. The van der Waals surface area contributed by atoms with Crippen molar-refractivity contribution in [3.8, 4) is 5.75 Å². The fraction of sp³-hybridized carbons (Fsp3) is 0.391. The monoisotopic (exact) mass is 348 g/mol. The van der Waals surface area contributed by atoms with Crippen LogP contribution < -0.4 is 10.1 Å². The quantitative estimate of drug-likeness (QED) is 0.684. The summed E-state index contributed by atoms with van der Waals surface area (Å²) < 4.78 is 8.54. The second-order valence-electron chi connectivity index (χ2n) is 7.43. The van der Waals surface area contributed by atoms with Crippen LogP contribution in [0.2, 0.25) is 0 Å². The molecule has 1 aliphatic heterocycles. The lowest BCUT2D eigenvalue weighted by molar-refractivity contribution is 0.289. The van der Waals surface area contributed by atoms with E-state index in [0.717, 1.165) is 18.2 Å². The van der Waals surface area contributed by atoms with E-state index < -0.39 is 0 Å². The van der Waals surface area contributed by atoms with Crippen LogP contribution in [-0.2, 0) is 13.2 Å². The van der Waals surface area contributed by atoms with Crippen LogP contribution >= 0.6 is 0 Å². The standard InChI is InChI=1S/C23H28N2O/c1-18-6-8-22(9-7-18)26-17-21-16-20-4-2-3-5-23(20)25(21)15-12-19-10-13-24-14-11-19/h2-9,16,19,24H,10-15,17H2,1H3. The smallest absolute Gasteiger partial charge is 0.128 e. The molecule has 4 rings (SSSR count). The zero-order chi connectivity index (χ0) is 17.8. The van der Waals surface area contributed by atoms with Crippen LogP contribution in [0.15, 0.2) is 54.6 Å². The topological polar surface area (TPSA) is 26.2 Å². The predicted octanol–water partition coefficient (Wildman–Crippen LogP) is 4.92. The Balaban J connectivity index is 1.51. The second-order valence-corrected chi connectivity index (χ2v) is 7.43. The molecule has 0 atom stereocenters. The lowest BCUT2D eigenvalue weighted by Crippen LogP contribution is -2.28. The Labute approximate surface area is 156 Å². The van der Waals surface area contributed by atoms with Crippen LogP contribution in [0.3, 0.4) is 0 Å². The molecule has 3 heteroatoms. The Kier molecular flexibility index (Phi) is 5.26. The van der Waals surface area contributed by atoms with Gasteiger partial charge in [0.15, 0.2) is 0 Å². The summed E-state index contributed by atoms with van der Waals surface area (Å²) in [5, 5.41) is 4.77. The summed E-state index contributed by atoms with van der Waals surface area (Å²) in [5.41, 5.74) is 3.85. The number of hydrogen-bond donors (Lipinski definition) is 1. The first-order valence-electron chi connectivity index (χ1n) is 9.77. The molecule has 2 aromatic carbocycles. The minimum atomic E-state index is 0.615. The van der Waals surface area contributed by atoms with E-state index in [1.807, 2.05) is 0 Å². The minimum absolute atomic E-state index is 0.615. The number of nitrogens with zero attached hydrogens (tertiary/aromatic N) is 1. The molecule has 0 amide bonds. The molecule has 1 N–H and O–H groups in total. The van der Waals surface area contributed by atoms with Gasteiger partial charge < -0.3 is 14.6 Å². The van der Waals surface area contributed by atoms with Crippen LogP contribution in [0.4, 0.5) is 0 Å². The minimum Gasteiger partial charge on any atom is -0.487 e. The molecule has 26 heavy (non-hydrogen) atoms. The highest BCUT2D eigenvalue weighted by atomic mass is 16.5. The molecule has 1 aliphatic rings. The number of nitrogens with one attached hydrogen (secondary N) is 1. The highest BCUT2D eigenvalue weighted by Gasteiger charge is 2.15. The molecule has 0 radical (unpaired) electrons. The predicted molar refractivity (Wildman–Crippen MR) is 108 cm³/mol. The SMILES string of the molecule is Cc1ccc(OCc2cc3ccccc3n2CCC2CCNCC2)cc1. The zero-order valence-corrected chi connectivity index (χ0v) is 15.6. The maximum Gasteiger partial charge on any atom is 0.128 e. The van der Waals surface area contributed by atoms with Gasteiger partial charge in [0.05, 0.1) is 5.69 Å². The van der Waals surface area contributed by atoms with E-state index in [1.54, 1.807) is 0 Å². The summed E-state index contributed by atoms with van der Waals surface area (Å²) >= 11 is 0. The highest BCUT2D eigenvalue weighted by molar-refractivity contribution is 5.81. The van der Waals surface area contributed by atoms with E-state index in [0.29, 0.717) is 6.61 Å². The van der Waals surface area contributed by atoms with Gasteiger partial charge in [0.2, 0.25) is 0 Å². The molecule has 1 fully saturated rings. The Bertz CT molecular complexity index is 844. The van der Waals surface area contributed by atoms with Crippen molar-refractivity contribution in [1.29, 1.82) is 0 Å². The number of ether oxygens (including phenoxy) is 1. The zero-order valence-electron chi connectivity index (χ0n) is 15.6. The van der Waals surface area contributed by atoms with Gasteiger partial charge in [-0.3, -0.25) is 0 Å². The third-order valence-electron chi connectivity index (χ3n) is 5.52. The first-order chi connectivity index (χ1) is 12.8. The van der Waals surface area contributed by atoms with Gasteiger partial charge in [0.25, 0.3) is 0 Å². The van der Waals surface area contributed by atoms with Gasteiger partial charge in [-0.05, 0) is 74.8 Å². The average molecular weight is 348 g/mol. The molecule has 0 bridgehead atoms. The summed E-state index contributed by atoms with van der Waals surface area (Å²) in [4.78, 5) is 0. The lowest BCUT2D eigenvalue weighted by atomic mass is 9.95. The summed E-state index contributed by atoms with van der Waals surface area (Å²) in [7, 11) is 0. The molecule has 1 aromatic heterocycles. The van der Waals surface area contributed by atoms with Gasteiger partial charge in [-0.2, -0.15) is 0 Å². The Morgan fingerprint density at radius 3 is 2.62 bits per heavy atom. The van der Waals surface area contributed by atoms with Crippen molar-refractivity contribution in [2.24, 2.45) is 5.92 Å². The van der Waals surface area contributed by atoms with E-state index in [9.17, 15) is 0 Å². The third kappa shape index (κ3) is 3.94. The number of fused-ring (bicyclic) bond motifs is 1. The molecule has 0 aliphatic carbocycles. The molecule has 1 saturated heterocycles. The van der Waals surface area contributed by atoms with Crippen molar-refractivity contribution in [1.82, 2.24) is 9.88 Å². The van der Waals surface area contributed by atoms with Gasteiger partial charge in [-0.1, -0.05) is 35.9 Å². The molecular formula is C23H28N2O. The maximum atomic E-state index is 6.08. The van der Waals surface area contributed by atoms with Crippen molar-refractivity contribution in [3.63, 3.8) is 0 Å². The van der Waals surface area contributed by atoms with E-state index in [4.69, 9.17) is 4.74 Å². The fourth-order valence-corrected chi connectivity index (χ4v) is 3.92. The highest BCUT2D eigenvalue weighted by Crippen LogP contribution is 2.24. The number of benzene rings is 2. The van der Waals surface area contributed by atoms with Crippen molar-refractivity contribution < 1.29 is 4.74 Å². The molecule has 3 nitrogen and oxygen atoms in total. The molecule has 0 saturated carbocycles. The summed E-state index contributed by atoms with van der Waals surface area (Å²) in [5.74, 6) is 1.77. The average Bonchev–Trinajstić information content (AvgIpc) is 3.04. The van der Waals surface area contributed by atoms with Crippen LogP contribution in [0, 0.1) is 12.8 Å².